The number of fused-ring (bicyclic) bond motifs is 1. The van der Waals surface area contributed by atoms with Gasteiger partial charge in [0.2, 0.25) is 0 Å². The largest absolute Gasteiger partial charge is 0.490 e. The molecule has 0 atom stereocenters. The number of likely N-dealkylation sites (tertiary alicyclic amines) is 1. The number of amidine groups is 1. The molecule has 3 aromatic rings. The van der Waals surface area contributed by atoms with Crippen LogP contribution in [0.5, 0.6) is 11.5 Å². The molecular weight excluding hydrogens is 500 g/mol. The van der Waals surface area contributed by atoms with E-state index in [0.717, 1.165) is 65.5 Å². The number of amides is 1. The van der Waals surface area contributed by atoms with E-state index in [-0.39, 0.29) is 12.0 Å². The highest BCUT2D eigenvalue weighted by atomic mass is 16.5. The molecule has 2 aliphatic heterocycles. The van der Waals surface area contributed by atoms with Gasteiger partial charge in [-0.15, -0.1) is 0 Å². The number of anilines is 1. The van der Waals surface area contributed by atoms with Crippen molar-refractivity contribution in [3.8, 4) is 22.6 Å². The van der Waals surface area contributed by atoms with Gasteiger partial charge in [0, 0.05) is 44.7 Å². The van der Waals surface area contributed by atoms with Crippen molar-refractivity contribution in [1.82, 2.24) is 4.90 Å². The van der Waals surface area contributed by atoms with E-state index in [2.05, 4.69) is 28.6 Å². The minimum Gasteiger partial charge on any atom is -0.490 e. The van der Waals surface area contributed by atoms with Gasteiger partial charge in [-0.2, -0.15) is 0 Å². The molecular formula is C33H38N4O3. The number of piperidine rings is 1. The molecule has 2 aliphatic rings. The second-order valence-corrected chi connectivity index (χ2v) is 11.0. The van der Waals surface area contributed by atoms with Crippen LogP contribution in [-0.2, 0) is 11.3 Å². The zero-order valence-corrected chi connectivity index (χ0v) is 23.8. The number of carbonyl (C=O) groups excluding carboxylic acids is 1. The van der Waals surface area contributed by atoms with Gasteiger partial charge in [-0.3, -0.25) is 9.79 Å². The smallest absolute Gasteiger partial charge is 0.271 e. The highest BCUT2D eigenvalue weighted by Crippen LogP contribution is 2.41. The van der Waals surface area contributed by atoms with E-state index in [9.17, 15) is 4.79 Å². The quantitative estimate of drug-likeness (QED) is 0.313. The monoisotopic (exact) mass is 538 g/mol. The Morgan fingerprint density at radius 1 is 1.07 bits per heavy atom. The molecule has 0 aliphatic carbocycles. The first-order chi connectivity index (χ1) is 19.1. The fourth-order valence-corrected chi connectivity index (χ4v) is 5.34. The van der Waals surface area contributed by atoms with E-state index in [0.29, 0.717) is 18.0 Å². The Morgan fingerprint density at radius 2 is 1.77 bits per heavy atom. The van der Waals surface area contributed by atoms with Crippen molar-refractivity contribution in [1.29, 1.82) is 0 Å². The second-order valence-electron chi connectivity index (χ2n) is 11.0. The lowest BCUT2D eigenvalue weighted by atomic mass is 9.99. The van der Waals surface area contributed by atoms with E-state index in [1.165, 1.54) is 0 Å². The number of ether oxygens (including phenoxy) is 2. The lowest BCUT2D eigenvalue weighted by Crippen LogP contribution is -2.52. The molecule has 0 saturated carbocycles. The van der Waals surface area contributed by atoms with Crippen LogP contribution in [0.4, 0.5) is 5.69 Å². The Hall–Kier alpha value is -4.26. The minimum absolute atomic E-state index is 0.0911. The number of hydrogen-bond acceptors (Lipinski definition) is 5. The molecule has 5 rings (SSSR count). The van der Waals surface area contributed by atoms with Crippen LogP contribution in [-0.4, -0.2) is 48.5 Å². The van der Waals surface area contributed by atoms with Crippen molar-refractivity contribution in [2.75, 3.05) is 25.0 Å². The number of nitrogens with zero attached hydrogens (tertiary/aromatic N) is 3. The Morgan fingerprint density at radius 3 is 2.48 bits per heavy atom. The zero-order chi connectivity index (χ0) is 28.4. The number of rotatable bonds is 6. The summed E-state index contributed by atoms with van der Waals surface area (Å²) in [4.78, 5) is 22.0. The second kappa shape index (κ2) is 11.1. The number of benzene rings is 3. The van der Waals surface area contributed by atoms with Gasteiger partial charge >= 0.3 is 0 Å². The molecule has 1 fully saturated rings. The normalized spacial score (nSPS) is 17.3. The maximum Gasteiger partial charge on any atom is 0.271 e. The molecule has 2 heterocycles. The van der Waals surface area contributed by atoms with Crippen LogP contribution in [0.25, 0.3) is 16.8 Å². The van der Waals surface area contributed by atoms with Gasteiger partial charge < -0.3 is 25.0 Å². The van der Waals surface area contributed by atoms with Crippen molar-refractivity contribution in [2.24, 2.45) is 10.7 Å². The van der Waals surface area contributed by atoms with Crippen LogP contribution in [0, 0.1) is 0 Å². The molecule has 3 aromatic carbocycles. The summed E-state index contributed by atoms with van der Waals surface area (Å²) < 4.78 is 12.5. The lowest BCUT2D eigenvalue weighted by molar-refractivity contribution is -0.132. The Balaban J connectivity index is 1.39. The molecule has 0 spiro atoms. The third-order valence-electron chi connectivity index (χ3n) is 7.71. The third-order valence-corrected chi connectivity index (χ3v) is 7.71. The van der Waals surface area contributed by atoms with E-state index in [1.807, 2.05) is 87.3 Å². The number of nitrogens with two attached hydrogens (primary N) is 1. The molecule has 0 aromatic heterocycles. The molecule has 7 nitrogen and oxygen atoms in total. The Bertz CT molecular complexity index is 1450. The average molecular weight is 539 g/mol. The van der Waals surface area contributed by atoms with Crippen molar-refractivity contribution < 1.29 is 14.3 Å². The Kier molecular flexibility index (Phi) is 7.57. The molecule has 208 valence electrons. The molecule has 2 N–H and O–H groups in total. The number of aliphatic imine (C=N–C) groups is 1. The van der Waals surface area contributed by atoms with Gasteiger partial charge in [-0.25, -0.2) is 0 Å². The maximum absolute atomic E-state index is 13.6. The zero-order valence-electron chi connectivity index (χ0n) is 23.8. The van der Waals surface area contributed by atoms with Crippen LogP contribution in [0.2, 0.25) is 0 Å². The first-order valence-corrected chi connectivity index (χ1v) is 13.8. The summed E-state index contributed by atoms with van der Waals surface area (Å²) in [7, 11) is 1.83. The first kappa shape index (κ1) is 27.3. The summed E-state index contributed by atoms with van der Waals surface area (Å²) in [5.74, 6) is 2.38. The third kappa shape index (κ3) is 5.69. The molecule has 7 heteroatoms. The van der Waals surface area contributed by atoms with Crippen molar-refractivity contribution >= 4 is 23.1 Å². The highest BCUT2D eigenvalue weighted by molar-refractivity contribution is 6.02. The maximum atomic E-state index is 13.6. The standard InChI is InChI=1S/C33H38N4O3/c1-22(34)25-9-7-11-27(19-25)26-10-6-8-24(18-26)21-37-30-20-29(12-13-31(30)40-33(3,4)32(37)38)39-28-14-16-36(17-15-28)23(2)35-5/h6-13,18-20,28H,1,14-17,21,34H2,2-5H3. The van der Waals surface area contributed by atoms with Gasteiger partial charge in [0.1, 0.15) is 17.6 Å². The predicted octanol–water partition coefficient (Wildman–Crippen LogP) is 5.88. The van der Waals surface area contributed by atoms with Crippen molar-refractivity contribution in [3.05, 3.63) is 84.4 Å². The van der Waals surface area contributed by atoms with Crippen LogP contribution in [0.15, 0.2) is 78.3 Å². The van der Waals surface area contributed by atoms with Gasteiger partial charge in [-0.05, 0) is 67.3 Å². The Labute approximate surface area is 236 Å². The fraction of sp³-hybridized carbons (Fsp3) is 0.333. The molecule has 0 unspecified atom stereocenters. The van der Waals surface area contributed by atoms with E-state index < -0.39 is 5.60 Å². The van der Waals surface area contributed by atoms with Crippen molar-refractivity contribution in [2.45, 2.75) is 51.9 Å². The summed E-state index contributed by atoms with van der Waals surface area (Å²) in [5.41, 5.74) is 10.2. The summed E-state index contributed by atoms with van der Waals surface area (Å²) >= 11 is 0. The van der Waals surface area contributed by atoms with E-state index in [4.69, 9.17) is 15.2 Å². The lowest BCUT2D eigenvalue weighted by Gasteiger charge is -2.39. The molecule has 40 heavy (non-hydrogen) atoms. The molecule has 1 amide bonds. The van der Waals surface area contributed by atoms with Crippen LogP contribution >= 0.6 is 0 Å². The molecule has 1 saturated heterocycles. The van der Waals surface area contributed by atoms with Gasteiger partial charge in [0.05, 0.1) is 18.1 Å². The topological polar surface area (TPSA) is 80.4 Å². The minimum atomic E-state index is -0.978. The van der Waals surface area contributed by atoms with Gasteiger partial charge in [0.15, 0.2) is 5.60 Å². The summed E-state index contributed by atoms with van der Waals surface area (Å²) in [6, 6.07) is 22.0. The van der Waals surface area contributed by atoms with Crippen LogP contribution in [0.3, 0.4) is 0 Å². The van der Waals surface area contributed by atoms with E-state index in [1.54, 1.807) is 0 Å². The van der Waals surface area contributed by atoms with Crippen molar-refractivity contribution in [3.63, 3.8) is 0 Å². The van der Waals surface area contributed by atoms with Gasteiger partial charge in [0.25, 0.3) is 5.91 Å². The average Bonchev–Trinajstić information content (AvgIpc) is 2.96. The molecule has 0 radical (unpaired) electrons. The molecule has 0 bridgehead atoms. The number of carbonyl (C=O) groups is 1. The number of hydrogen-bond donors (Lipinski definition) is 1. The summed E-state index contributed by atoms with van der Waals surface area (Å²) in [5, 5.41) is 0. The van der Waals surface area contributed by atoms with Gasteiger partial charge in [-0.1, -0.05) is 43.0 Å². The summed E-state index contributed by atoms with van der Waals surface area (Å²) in [6.45, 7) is 11.8. The SMILES string of the molecule is C=C(N)c1cccc(-c2cccc(CN3C(=O)C(C)(C)Oc4ccc(OC5CCN(C(C)=NC)CC5)cc43)c2)c1. The predicted molar refractivity (Wildman–Crippen MR) is 162 cm³/mol. The summed E-state index contributed by atoms with van der Waals surface area (Å²) in [6.07, 6.45) is 1.95. The first-order valence-electron chi connectivity index (χ1n) is 13.8. The van der Waals surface area contributed by atoms with Crippen LogP contribution in [0.1, 0.15) is 44.7 Å². The highest BCUT2D eigenvalue weighted by Gasteiger charge is 2.41. The van der Waals surface area contributed by atoms with E-state index >= 15 is 0 Å². The van der Waals surface area contributed by atoms with Crippen LogP contribution < -0.4 is 20.1 Å². The fourth-order valence-electron chi connectivity index (χ4n) is 5.34.